The molecule has 16 heavy (non-hydrogen) atoms. The quantitative estimate of drug-likeness (QED) is 0.770. The minimum atomic E-state index is 0.563. The van der Waals surface area contributed by atoms with Gasteiger partial charge in [0.1, 0.15) is 5.75 Å². The van der Waals surface area contributed by atoms with Crippen LogP contribution in [0.4, 0.5) is 5.69 Å². The fraction of sp³-hybridized carbons (Fsp3) is 0.182. The average Bonchev–Trinajstić information content (AvgIpc) is 2.93. The first-order chi connectivity index (χ1) is 7.77. The average molecular weight is 236 g/mol. The van der Waals surface area contributed by atoms with Crippen LogP contribution in [0.2, 0.25) is 5.02 Å². The Kier molecular flexibility index (Phi) is 2.04. The van der Waals surface area contributed by atoms with E-state index in [1.807, 2.05) is 16.8 Å². The molecule has 2 aromatic rings. The van der Waals surface area contributed by atoms with Crippen molar-refractivity contribution in [3.8, 4) is 11.4 Å². The lowest BCUT2D eigenvalue weighted by Gasteiger charge is -2.11. The molecule has 0 bridgehead atoms. The maximum atomic E-state index is 6.10. The van der Waals surface area contributed by atoms with E-state index in [0.29, 0.717) is 17.3 Å². The summed E-state index contributed by atoms with van der Waals surface area (Å²) in [5.41, 5.74) is 8.43. The van der Waals surface area contributed by atoms with Crippen molar-refractivity contribution >= 4 is 17.3 Å². The number of imidazole rings is 1. The van der Waals surface area contributed by atoms with Crippen LogP contribution in [0.25, 0.3) is 5.69 Å². The van der Waals surface area contributed by atoms with Crippen molar-refractivity contribution in [2.75, 3.05) is 12.3 Å². The number of halogens is 1. The number of nitrogens with zero attached hydrogens (tertiary/aromatic N) is 2. The molecule has 1 aliphatic heterocycles. The highest BCUT2D eigenvalue weighted by Gasteiger charge is 2.22. The lowest BCUT2D eigenvalue weighted by atomic mass is 10.1. The van der Waals surface area contributed by atoms with E-state index in [-0.39, 0.29) is 0 Å². The van der Waals surface area contributed by atoms with E-state index in [4.69, 9.17) is 22.1 Å². The van der Waals surface area contributed by atoms with Crippen LogP contribution in [0.1, 0.15) is 5.56 Å². The monoisotopic (exact) mass is 235 g/mol. The Morgan fingerprint density at radius 3 is 3.12 bits per heavy atom. The third-order valence-electron chi connectivity index (χ3n) is 2.73. The molecule has 1 aromatic heterocycles. The molecule has 0 atom stereocenters. The summed E-state index contributed by atoms with van der Waals surface area (Å²) in [4.78, 5) is 4.01. The molecule has 2 heterocycles. The molecule has 0 fully saturated rings. The predicted molar refractivity (Wildman–Crippen MR) is 62.2 cm³/mol. The van der Waals surface area contributed by atoms with Crippen molar-refractivity contribution in [2.45, 2.75) is 6.42 Å². The molecule has 0 spiro atoms. The van der Waals surface area contributed by atoms with Gasteiger partial charge in [0.25, 0.3) is 0 Å². The summed E-state index contributed by atoms with van der Waals surface area (Å²) in [5, 5.41) is 0.563. The Morgan fingerprint density at radius 2 is 2.38 bits per heavy atom. The topological polar surface area (TPSA) is 53.1 Å². The normalized spacial score (nSPS) is 13.6. The number of rotatable bonds is 1. The molecule has 0 saturated carbocycles. The molecule has 0 radical (unpaired) electrons. The number of nitrogen functional groups attached to an aromatic ring is 1. The van der Waals surface area contributed by atoms with Crippen LogP contribution < -0.4 is 10.5 Å². The Labute approximate surface area is 97.6 Å². The third-order valence-corrected chi connectivity index (χ3v) is 3.05. The smallest absolute Gasteiger partial charge is 0.148 e. The van der Waals surface area contributed by atoms with Crippen LogP contribution in [-0.4, -0.2) is 16.2 Å². The van der Waals surface area contributed by atoms with Crippen molar-refractivity contribution in [1.29, 1.82) is 0 Å². The highest BCUT2D eigenvalue weighted by molar-refractivity contribution is 6.33. The minimum absolute atomic E-state index is 0.563. The second-order valence-electron chi connectivity index (χ2n) is 3.67. The van der Waals surface area contributed by atoms with Gasteiger partial charge < -0.3 is 15.0 Å². The molecule has 1 aromatic carbocycles. The SMILES string of the molecule is Nc1c(Cl)cc(-n2ccnc2)c2c1CCO2. The van der Waals surface area contributed by atoms with Crippen LogP contribution >= 0.6 is 11.6 Å². The van der Waals surface area contributed by atoms with Gasteiger partial charge >= 0.3 is 0 Å². The Hall–Kier alpha value is -1.68. The van der Waals surface area contributed by atoms with Crippen LogP contribution in [0.15, 0.2) is 24.8 Å². The van der Waals surface area contributed by atoms with Crippen LogP contribution in [0.3, 0.4) is 0 Å². The first-order valence-corrected chi connectivity index (χ1v) is 5.37. The summed E-state index contributed by atoms with van der Waals surface area (Å²) in [6.45, 7) is 0.654. The van der Waals surface area contributed by atoms with Gasteiger partial charge in [-0.05, 0) is 6.07 Å². The number of aromatic nitrogens is 2. The number of ether oxygens (including phenoxy) is 1. The zero-order chi connectivity index (χ0) is 11.1. The summed E-state index contributed by atoms with van der Waals surface area (Å²) >= 11 is 6.10. The van der Waals surface area contributed by atoms with E-state index < -0.39 is 0 Å². The van der Waals surface area contributed by atoms with Gasteiger partial charge in [-0.25, -0.2) is 4.98 Å². The van der Waals surface area contributed by atoms with Crippen molar-refractivity contribution in [3.63, 3.8) is 0 Å². The molecule has 0 unspecified atom stereocenters. The van der Waals surface area contributed by atoms with Crippen molar-refractivity contribution in [2.24, 2.45) is 0 Å². The summed E-state index contributed by atoms with van der Waals surface area (Å²) < 4.78 is 7.47. The van der Waals surface area contributed by atoms with Gasteiger partial charge in [0, 0.05) is 24.4 Å². The first-order valence-electron chi connectivity index (χ1n) is 4.99. The zero-order valence-electron chi connectivity index (χ0n) is 8.48. The predicted octanol–water partition coefficient (Wildman–Crippen LogP) is 2.04. The van der Waals surface area contributed by atoms with Crippen LogP contribution in [0.5, 0.6) is 5.75 Å². The van der Waals surface area contributed by atoms with Gasteiger partial charge in [-0.1, -0.05) is 11.6 Å². The molecule has 2 N–H and O–H groups in total. The van der Waals surface area contributed by atoms with Gasteiger partial charge in [-0.3, -0.25) is 0 Å². The third kappa shape index (κ3) is 1.27. The highest BCUT2D eigenvalue weighted by atomic mass is 35.5. The van der Waals surface area contributed by atoms with Gasteiger partial charge in [-0.15, -0.1) is 0 Å². The van der Waals surface area contributed by atoms with Crippen molar-refractivity contribution in [1.82, 2.24) is 9.55 Å². The van der Waals surface area contributed by atoms with Crippen molar-refractivity contribution in [3.05, 3.63) is 35.4 Å². The molecule has 4 nitrogen and oxygen atoms in total. The number of benzene rings is 1. The standard InChI is InChI=1S/C11H10ClN3O/c12-8-5-9(15-3-2-14-6-15)11-7(10(8)13)1-4-16-11/h2-3,5-6H,1,4,13H2. The van der Waals surface area contributed by atoms with E-state index in [1.54, 1.807) is 12.5 Å². The molecule has 82 valence electrons. The number of hydrogen-bond acceptors (Lipinski definition) is 3. The molecule has 0 aliphatic carbocycles. The number of fused-ring (bicyclic) bond motifs is 1. The molecule has 0 saturated heterocycles. The fourth-order valence-electron chi connectivity index (χ4n) is 1.94. The largest absolute Gasteiger partial charge is 0.491 e. The lowest BCUT2D eigenvalue weighted by molar-refractivity contribution is 0.355. The molecule has 1 aliphatic rings. The highest BCUT2D eigenvalue weighted by Crippen LogP contribution is 2.40. The summed E-state index contributed by atoms with van der Waals surface area (Å²) in [7, 11) is 0. The van der Waals surface area contributed by atoms with Crippen LogP contribution in [0, 0.1) is 0 Å². The van der Waals surface area contributed by atoms with E-state index in [0.717, 1.165) is 23.4 Å². The first kappa shape index (κ1) is 9.54. The summed E-state index contributed by atoms with van der Waals surface area (Å²) in [5.74, 6) is 0.819. The van der Waals surface area contributed by atoms with Gasteiger partial charge in [0.05, 0.1) is 29.3 Å². The molecular formula is C11H10ClN3O. The Balaban J connectivity index is 2.27. The molecule has 5 heteroatoms. The minimum Gasteiger partial charge on any atom is -0.491 e. The van der Waals surface area contributed by atoms with E-state index in [1.165, 1.54) is 0 Å². The second-order valence-corrected chi connectivity index (χ2v) is 4.07. The van der Waals surface area contributed by atoms with Crippen LogP contribution in [-0.2, 0) is 6.42 Å². The van der Waals surface area contributed by atoms with Gasteiger partial charge in [0.15, 0.2) is 0 Å². The van der Waals surface area contributed by atoms with Gasteiger partial charge in [-0.2, -0.15) is 0 Å². The summed E-state index contributed by atoms with van der Waals surface area (Å²) in [6.07, 6.45) is 6.09. The number of anilines is 1. The second kappa shape index (κ2) is 3.42. The van der Waals surface area contributed by atoms with E-state index >= 15 is 0 Å². The Morgan fingerprint density at radius 1 is 1.50 bits per heavy atom. The maximum absolute atomic E-state index is 6.10. The fourth-order valence-corrected chi connectivity index (χ4v) is 2.16. The maximum Gasteiger partial charge on any atom is 0.148 e. The number of nitrogens with two attached hydrogens (primary N) is 1. The van der Waals surface area contributed by atoms with E-state index in [2.05, 4.69) is 4.98 Å². The number of hydrogen-bond donors (Lipinski definition) is 1. The molecular weight excluding hydrogens is 226 g/mol. The molecule has 0 amide bonds. The Bertz CT molecular complexity index is 537. The zero-order valence-corrected chi connectivity index (χ0v) is 9.24. The lowest BCUT2D eigenvalue weighted by Crippen LogP contribution is -1.98. The summed E-state index contributed by atoms with van der Waals surface area (Å²) in [6, 6.07) is 1.81. The van der Waals surface area contributed by atoms with Gasteiger partial charge in [0.2, 0.25) is 0 Å². The molecule has 3 rings (SSSR count). The van der Waals surface area contributed by atoms with E-state index in [9.17, 15) is 0 Å². The van der Waals surface area contributed by atoms with Crippen molar-refractivity contribution < 1.29 is 4.74 Å².